The first kappa shape index (κ1) is 17.5. The summed E-state index contributed by atoms with van der Waals surface area (Å²) in [7, 11) is 3.97. The zero-order chi connectivity index (χ0) is 17.5. The molecule has 126 valence electrons. The van der Waals surface area contributed by atoms with Crippen LogP contribution in [0, 0.1) is 6.92 Å². The molecule has 5 nitrogen and oxygen atoms in total. The molecule has 5 heteroatoms. The molecule has 2 aromatic rings. The van der Waals surface area contributed by atoms with Crippen LogP contribution in [0.1, 0.15) is 18.1 Å². The van der Waals surface area contributed by atoms with Gasteiger partial charge in [0.15, 0.2) is 6.10 Å². The molecule has 0 aliphatic rings. The fraction of sp³-hybridized carbons (Fsp3) is 0.263. The third kappa shape index (κ3) is 5.12. The van der Waals surface area contributed by atoms with Gasteiger partial charge in [-0.05, 0) is 49.2 Å². The van der Waals surface area contributed by atoms with Gasteiger partial charge in [-0.2, -0.15) is 5.10 Å². The Bertz CT molecular complexity index is 709. The van der Waals surface area contributed by atoms with Crippen molar-refractivity contribution >= 4 is 17.8 Å². The first-order chi connectivity index (χ1) is 11.5. The number of ether oxygens (including phenoxy) is 1. The van der Waals surface area contributed by atoms with Gasteiger partial charge < -0.3 is 9.64 Å². The summed E-state index contributed by atoms with van der Waals surface area (Å²) in [6.45, 7) is 3.67. The van der Waals surface area contributed by atoms with E-state index in [4.69, 9.17) is 4.74 Å². The van der Waals surface area contributed by atoms with Gasteiger partial charge in [0, 0.05) is 19.8 Å². The number of anilines is 1. The molecule has 0 aliphatic heterocycles. The molecular formula is C19H23N3O2. The SMILES string of the molecule is Cc1cccc(O[C@@H](C)C(=O)NN=Cc2ccc(N(C)C)cc2)c1. The highest BCUT2D eigenvalue weighted by molar-refractivity contribution is 5.84. The predicted molar refractivity (Wildman–Crippen MR) is 97.8 cm³/mol. The number of benzene rings is 2. The van der Waals surface area contributed by atoms with Crippen LogP contribution in [0.5, 0.6) is 5.75 Å². The molecule has 1 atom stereocenters. The second-order valence-corrected chi connectivity index (χ2v) is 5.80. The Morgan fingerprint density at radius 1 is 1.21 bits per heavy atom. The van der Waals surface area contributed by atoms with Crippen molar-refractivity contribution < 1.29 is 9.53 Å². The summed E-state index contributed by atoms with van der Waals surface area (Å²) in [6.07, 6.45) is 0.983. The van der Waals surface area contributed by atoms with Gasteiger partial charge in [0.05, 0.1) is 6.21 Å². The lowest BCUT2D eigenvalue weighted by molar-refractivity contribution is -0.127. The third-order valence-corrected chi connectivity index (χ3v) is 3.47. The fourth-order valence-electron chi connectivity index (χ4n) is 2.07. The molecule has 0 unspecified atom stereocenters. The van der Waals surface area contributed by atoms with Crippen molar-refractivity contribution in [3.05, 3.63) is 59.7 Å². The van der Waals surface area contributed by atoms with E-state index in [-0.39, 0.29) is 5.91 Å². The number of hydrazone groups is 1. The zero-order valence-electron chi connectivity index (χ0n) is 14.5. The van der Waals surface area contributed by atoms with Gasteiger partial charge in [-0.1, -0.05) is 24.3 Å². The van der Waals surface area contributed by atoms with E-state index in [1.54, 1.807) is 13.1 Å². The highest BCUT2D eigenvalue weighted by Crippen LogP contribution is 2.14. The lowest BCUT2D eigenvalue weighted by Gasteiger charge is -2.13. The number of carbonyl (C=O) groups excluding carboxylic acids is 1. The topological polar surface area (TPSA) is 53.9 Å². The van der Waals surface area contributed by atoms with E-state index in [1.807, 2.05) is 74.4 Å². The van der Waals surface area contributed by atoms with Crippen LogP contribution in [0.4, 0.5) is 5.69 Å². The molecule has 0 saturated carbocycles. The molecule has 0 heterocycles. The molecule has 1 N–H and O–H groups in total. The normalized spacial score (nSPS) is 12.0. The van der Waals surface area contributed by atoms with Gasteiger partial charge in [0.2, 0.25) is 0 Å². The molecule has 1 amide bonds. The molecule has 0 spiro atoms. The van der Waals surface area contributed by atoms with Gasteiger partial charge >= 0.3 is 0 Å². The highest BCUT2D eigenvalue weighted by Gasteiger charge is 2.13. The number of amides is 1. The number of nitrogens with one attached hydrogen (secondary N) is 1. The van der Waals surface area contributed by atoms with Gasteiger partial charge in [-0.25, -0.2) is 5.43 Å². The Morgan fingerprint density at radius 3 is 2.54 bits per heavy atom. The molecule has 0 aliphatic carbocycles. The number of nitrogens with zero attached hydrogens (tertiary/aromatic N) is 2. The Morgan fingerprint density at radius 2 is 1.92 bits per heavy atom. The predicted octanol–water partition coefficient (Wildman–Crippen LogP) is 2.98. The second kappa shape index (κ2) is 8.15. The minimum Gasteiger partial charge on any atom is -0.481 e. The van der Waals surface area contributed by atoms with Crippen molar-refractivity contribution in [1.29, 1.82) is 0 Å². The number of hydrogen-bond acceptors (Lipinski definition) is 4. The van der Waals surface area contributed by atoms with Crippen molar-refractivity contribution in [2.45, 2.75) is 20.0 Å². The minimum absolute atomic E-state index is 0.294. The molecule has 24 heavy (non-hydrogen) atoms. The third-order valence-electron chi connectivity index (χ3n) is 3.47. The number of rotatable bonds is 6. The maximum Gasteiger partial charge on any atom is 0.280 e. The second-order valence-electron chi connectivity index (χ2n) is 5.80. The average molecular weight is 325 g/mol. The Hall–Kier alpha value is -2.82. The fourth-order valence-corrected chi connectivity index (χ4v) is 2.07. The quantitative estimate of drug-likeness (QED) is 0.656. The van der Waals surface area contributed by atoms with E-state index in [2.05, 4.69) is 10.5 Å². The summed E-state index contributed by atoms with van der Waals surface area (Å²) in [5.41, 5.74) is 5.60. The Kier molecular flexibility index (Phi) is 5.95. The van der Waals surface area contributed by atoms with E-state index < -0.39 is 6.10 Å². The van der Waals surface area contributed by atoms with Crippen LogP contribution >= 0.6 is 0 Å². The number of hydrogen-bond donors (Lipinski definition) is 1. The van der Waals surface area contributed by atoms with Crippen LogP contribution in [-0.4, -0.2) is 32.3 Å². The van der Waals surface area contributed by atoms with Crippen LogP contribution in [0.2, 0.25) is 0 Å². The minimum atomic E-state index is -0.625. The molecule has 2 aromatic carbocycles. The molecule has 2 rings (SSSR count). The van der Waals surface area contributed by atoms with Gasteiger partial charge in [0.1, 0.15) is 5.75 Å². The van der Waals surface area contributed by atoms with Crippen LogP contribution in [0.25, 0.3) is 0 Å². The van der Waals surface area contributed by atoms with E-state index in [9.17, 15) is 4.79 Å². The summed E-state index contributed by atoms with van der Waals surface area (Å²) in [6, 6.07) is 15.5. The first-order valence-corrected chi connectivity index (χ1v) is 7.79. The molecule has 0 aromatic heterocycles. The zero-order valence-corrected chi connectivity index (χ0v) is 14.5. The van der Waals surface area contributed by atoms with Crippen molar-refractivity contribution in [2.24, 2.45) is 5.10 Å². The smallest absolute Gasteiger partial charge is 0.280 e. The lowest BCUT2D eigenvalue weighted by atomic mass is 10.2. The number of carbonyl (C=O) groups is 1. The monoisotopic (exact) mass is 325 g/mol. The summed E-state index contributed by atoms with van der Waals surface area (Å²) in [5, 5.41) is 3.98. The average Bonchev–Trinajstić information content (AvgIpc) is 2.55. The van der Waals surface area contributed by atoms with E-state index >= 15 is 0 Å². The van der Waals surface area contributed by atoms with Crippen molar-refractivity contribution in [1.82, 2.24) is 5.43 Å². The Balaban J connectivity index is 1.87. The van der Waals surface area contributed by atoms with Crippen molar-refractivity contribution in [2.75, 3.05) is 19.0 Å². The molecule has 0 bridgehead atoms. The lowest BCUT2D eigenvalue weighted by Crippen LogP contribution is -2.33. The van der Waals surface area contributed by atoms with Crippen LogP contribution in [0.3, 0.4) is 0 Å². The first-order valence-electron chi connectivity index (χ1n) is 7.79. The molecule has 0 saturated heterocycles. The van der Waals surface area contributed by atoms with Gasteiger partial charge in [-0.3, -0.25) is 4.79 Å². The van der Waals surface area contributed by atoms with Crippen LogP contribution in [-0.2, 0) is 4.79 Å². The van der Waals surface area contributed by atoms with Gasteiger partial charge in [-0.15, -0.1) is 0 Å². The van der Waals surface area contributed by atoms with E-state index in [0.717, 1.165) is 16.8 Å². The summed E-state index contributed by atoms with van der Waals surface area (Å²) >= 11 is 0. The largest absolute Gasteiger partial charge is 0.481 e. The maximum absolute atomic E-state index is 12.0. The summed E-state index contributed by atoms with van der Waals surface area (Å²) in [5.74, 6) is 0.374. The molecular weight excluding hydrogens is 302 g/mol. The van der Waals surface area contributed by atoms with Gasteiger partial charge in [0.25, 0.3) is 5.91 Å². The van der Waals surface area contributed by atoms with Crippen LogP contribution < -0.4 is 15.1 Å². The standard InChI is InChI=1S/C19H23N3O2/c1-14-6-5-7-18(12-14)24-15(2)19(23)21-20-13-16-8-10-17(11-9-16)22(3)4/h5-13,15H,1-4H3,(H,21,23)/t15-/m0/s1. The van der Waals surface area contributed by atoms with Crippen LogP contribution in [0.15, 0.2) is 53.6 Å². The molecule has 0 fully saturated rings. The van der Waals surface area contributed by atoms with E-state index in [0.29, 0.717) is 5.75 Å². The number of aryl methyl sites for hydroxylation is 1. The Labute approximate surface area is 142 Å². The highest BCUT2D eigenvalue weighted by atomic mass is 16.5. The van der Waals surface area contributed by atoms with Crippen molar-refractivity contribution in [3.8, 4) is 5.75 Å². The molecule has 0 radical (unpaired) electrons. The summed E-state index contributed by atoms with van der Waals surface area (Å²) < 4.78 is 5.61. The van der Waals surface area contributed by atoms with Crippen molar-refractivity contribution in [3.63, 3.8) is 0 Å². The summed E-state index contributed by atoms with van der Waals surface area (Å²) in [4.78, 5) is 14.0. The van der Waals surface area contributed by atoms with E-state index in [1.165, 1.54) is 0 Å². The maximum atomic E-state index is 12.0.